The van der Waals surface area contributed by atoms with Gasteiger partial charge in [-0.25, -0.2) is 9.19 Å². The highest BCUT2D eigenvalue weighted by molar-refractivity contribution is 7.85. The lowest BCUT2D eigenvalue weighted by Gasteiger charge is -2.08. The third kappa shape index (κ3) is 3.11. The lowest BCUT2D eigenvalue weighted by atomic mass is 10.2. The predicted octanol–water partition coefficient (Wildman–Crippen LogP) is 2.85. The second kappa shape index (κ2) is 5.00. The Bertz CT molecular complexity index is 611. The normalized spacial score (nSPS) is 13.2. The van der Waals surface area contributed by atoms with Gasteiger partial charge in [-0.3, -0.25) is 0 Å². The Labute approximate surface area is 109 Å². The maximum Gasteiger partial charge on any atom is 0.416 e. The number of nitrogens with zero attached hydrogens (tertiary/aromatic N) is 1. The molecule has 0 aliphatic rings. The van der Waals surface area contributed by atoms with E-state index in [-0.39, 0.29) is 9.92 Å². The number of pyridine rings is 1. The Morgan fingerprint density at radius 2 is 1.89 bits per heavy atom. The molecule has 2 aromatic rings. The summed E-state index contributed by atoms with van der Waals surface area (Å²) in [5.41, 5.74) is 4.99. The molecule has 1 unspecified atom stereocenters. The quantitative estimate of drug-likeness (QED) is 0.923. The first kappa shape index (κ1) is 13.5. The van der Waals surface area contributed by atoms with Crippen molar-refractivity contribution >= 4 is 16.5 Å². The molecule has 0 bridgehead atoms. The highest BCUT2D eigenvalue weighted by Crippen LogP contribution is 2.30. The van der Waals surface area contributed by atoms with Gasteiger partial charge in [-0.05, 0) is 30.3 Å². The van der Waals surface area contributed by atoms with Gasteiger partial charge in [0.05, 0.1) is 17.4 Å². The van der Waals surface area contributed by atoms with E-state index in [9.17, 15) is 17.4 Å². The highest BCUT2D eigenvalue weighted by atomic mass is 32.2. The fourth-order valence-corrected chi connectivity index (χ4v) is 2.43. The minimum atomic E-state index is -4.46. The van der Waals surface area contributed by atoms with Crippen LogP contribution in [0.1, 0.15) is 5.56 Å². The molecule has 0 spiro atoms. The number of anilines is 1. The Hall–Kier alpha value is -1.89. The zero-order valence-electron chi connectivity index (χ0n) is 9.52. The van der Waals surface area contributed by atoms with Crippen molar-refractivity contribution in [3.05, 3.63) is 48.2 Å². The van der Waals surface area contributed by atoms with Crippen molar-refractivity contribution in [2.75, 3.05) is 5.73 Å². The summed E-state index contributed by atoms with van der Waals surface area (Å²) in [4.78, 5) is 3.89. The van der Waals surface area contributed by atoms with Crippen molar-refractivity contribution in [3.63, 3.8) is 0 Å². The van der Waals surface area contributed by atoms with Crippen LogP contribution in [0.3, 0.4) is 0 Å². The molecule has 0 amide bonds. The van der Waals surface area contributed by atoms with Gasteiger partial charge in [0.15, 0.2) is 0 Å². The molecule has 0 saturated heterocycles. The molecule has 0 radical (unpaired) electrons. The van der Waals surface area contributed by atoms with Crippen LogP contribution in [-0.2, 0) is 17.0 Å². The minimum Gasteiger partial charge on any atom is -0.397 e. The van der Waals surface area contributed by atoms with Crippen LogP contribution in [-0.4, -0.2) is 9.19 Å². The highest BCUT2D eigenvalue weighted by Gasteiger charge is 2.30. The van der Waals surface area contributed by atoms with Crippen molar-refractivity contribution < 1.29 is 17.4 Å². The molecule has 1 atom stereocenters. The monoisotopic (exact) mass is 286 g/mol. The zero-order valence-corrected chi connectivity index (χ0v) is 10.3. The maximum atomic E-state index is 12.6. The number of alkyl halides is 3. The average Bonchev–Trinajstić information content (AvgIpc) is 2.38. The van der Waals surface area contributed by atoms with Crippen LogP contribution in [0.15, 0.2) is 52.5 Å². The van der Waals surface area contributed by atoms with Crippen molar-refractivity contribution in [2.24, 2.45) is 0 Å². The van der Waals surface area contributed by atoms with Crippen LogP contribution >= 0.6 is 0 Å². The van der Waals surface area contributed by atoms with Crippen LogP contribution in [0, 0.1) is 0 Å². The lowest BCUT2D eigenvalue weighted by Crippen LogP contribution is -2.06. The predicted molar refractivity (Wildman–Crippen MR) is 64.8 cm³/mol. The average molecular weight is 286 g/mol. The number of aromatic nitrogens is 1. The Balaban J connectivity index is 2.37. The second-order valence-electron chi connectivity index (χ2n) is 3.72. The first-order chi connectivity index (χ1) is 8.88. The van der Waals surface area contributed by atoms with E-state index in [1.807, 2.05) is 0 Å². The number of nitrogen functional groups attached to an aromatic ring is 1. The van der Waals surface area contributed by atoms with E-state index in [2.05, 4.69) is 4.98 Å². The van der Waals surface area contributed by atoms with Gasteiger partial charge >= 0.3 is 6.18 Å². The van der Waals surface area contributed by atoms with Gasteiger partial charge in [-0.15, -0.1) is 0 Å². The largest absolute Gasteiger partial charge is 0.416 e. The first-order valence-electron chi connectivity index (χ1n) is 5.18. The molecule has 0 aliphatic heterocycles. The number of benzene rings is 1. The Morgan fingerprint density at radius 3 is 2.47 bits per heavy atom. The third-order valence-electron chi connectivity index (χ3n) is 2.32. The van der Waals surface area contributed by atoms with Crippen LogP contribution in [0.5, 0.6) is 0 Å². The summed E-state index contributed by atoms with van der Waals surface area (Å²) < 4.78 is 49.7. The third-order valence-corrected chi connectivity index (χ3v) is 3.63. The summed E-state index contributed by atoms with van der Waals surface area (Å²) in [6.45, 7) is 0. The van der Waals surface area contributed by atoms with Crippen molar-refractivity contribution in [1.29, 1.82) is 0 Å². The van der Waals surface area contributed by atoms with E-state index >= 15 is 0 Å². The molecule has 7 heteroatoms. The van der Waals surface area contributed by atoms with Crippen LogP contribution < -0.4 is 5.73 Å². The fraction of sp³-hybridized carbons (Fsp3) is 0.0833. The Kier molecular flexibility index (Phi) is 3.57. The van der Waals surface area contributed by atoms with Gasteiger partial charge in [0.1, 0.15) is 15.8 Å². The lowest BCUT2D eigenvalue weighted by molar-refractivity contribution is -0.137. The van der Waals surface area contributed by atoms with E-state index in [0.717, 1.165) is 12.1 Å². The van der Waals surface area contributed by atoms with Crippen LogP contribution in [0.2, 0.25) is 0 Å². The summed E-state index contributed by atoms with van der Waals surface area (Å²) in [6, 6.07) is 7.28. The van der Waals surface area contributed by atoms with E-state index in [4.69, 9.17) is 5.73 Å². The molecule has 2 N–H and O–H groups in total. The van der Waals surface area contributed by atoms with E-state index in [1.54, 1.807) is 0 Å². The number of rotatable bonds is 2. The SMILES string of the molecule is Nc1ccc(S(=O)c2cccc(C(F)(F)F)c2)nc1. The second-order valence-corrected chi connectivity index (χ2v) is 5.15. The topological polar surface area (TPSA) is 56.0 Å². The molecule has 0 saturated carbocycles. The maximum absolute atomic E-state index is 12.6. The smallest absolute Gasteiger partial charge is 0.397 e. The fourth-order valence-electron chi connectivity index (χ4n) is 1.41. The van der Waals surface area contributed by atoms with Gasteiger partial charge in [-0.1, -0.05) is 6.07 Å². The molecule has 1 heterocycles. The van der Waals surface area contributed by atoms with E-state index in [0.29, 0.717) is 5.69 Å². The van der Waals surface area contributed by atoms with Gasteiger partial charge < -0.3 is 5.73 Å². The summed E-state index contributed by atoms with van der Waals surface area (Å²) in [6.07, 6.45) is -3.16. The zero-order chi connectivity index (χ0) is 14.0. The van der Waals surface area contributed by atoms with E-state index in [1.165, 1.54) is 30.5 Å². The number of halogens is 3. The summed E-state index contributed by atoms with van der Waals surface area (Å²) in [5.74, 6) is 0. The molecule has 19 heavy (non-hydrogen) atoms. The van der Waals surface area contributed by atoms with Gasteiger partial charge in [0.25, 0.3) is 0 Å². The molecule has 0 aliphatic carbocycles. The molecule has 2 rings (SSSR count). The van der Waals surface area contributed by atoms with E-state index < -0.39 is 22.5 Å². The first-order valence-corrected chi connectivity index (χ1v) is 6.33. The number of nitrogens with two attached hydrogens (primary N) is 1. The molecule has 1 aromatic carbocycles. The van der Waals surface area contributed by atoms with Crippen molar-refractivity contribution in [3.8, 4) is 0 Å². The summed E-state index contributed by atoms with van der Waals surface area (Å²) in [5, 5.41) is 0.161. The number of hydrogen-bond acceptors (Lipinski definition) is 3. The minimum absolute atomic E-state index is 0.0482. The molecule has 100 valence electrons. The molecular formula is C12H9F3N2OS. The molecule has 3 nitrogen and oxygen atoms in total. The molecular weight excluding hydrogens is 277 g/mol. The molecule has 0 fully saturated rings. The summed E-state index contributed by atoms with van der Waals surface area (Å²) >= 11 is 0. The standard InChI is InChI=1S/C12H9F3N2OS/c13-12(14,15)8-2-1-3-10(6-8)19(18)11-5-4-9(16)7-17-11/h1-7H,16H2. The van der Waals surface area contributed by atoms with Crippen LogP contribution in [0.25, 0.3) is 0 Å². The van der Waals surface area contributed by atoms with Crippen molar-refractivity contribution in [1.82, 2.24) is 4.98 Å². The Morgan fingerprint density at radius 1 is 1.16 bits per heavy atom. The van der Waals surface area contributed by atoms with Crippen molar-refractivity contribution in [2.45, 2.75) is 16.1 Å². The number of hydrogen-bond donors (Lipinski definition) is 1. The van der Waals surface area contributed by atoms with Crippen LogP contribution in [0.4, 0.5) is 18.9 Å². The van der Waals surface area contributed by atoms with Gasteiger partial charge in [0, 0.05) is 4.90 Å². The van der Waals surface area contributed by atoms with Gasteiger partial charge in [0.2, 0.25) is 0 Å². The molecule has 1 aromatic heterocycles. The van der Waals surface area contributed by atoms with Gasteiger partial charge in [-0.2, -0.15) is 13.2 Å². The summed E-state index contributed by atoms with van der Waals surface area (Å²) in [7, 11) is -1.77.